The molecule has 0 spiro atoms. The maximum absolute atomic E-state index is 11.1. The van der Waals surface area contributed by atoms with Gasteiger partial charge < -0.3 is 15.4 Å². The topological polar surface area (TPSA) is 67.4 Å². The molecule has 0 aromatic heterocycles. The van der Waals surface area contributed by atoms with E-state index in [1.54, 1.807) is 18.2 Å². The first-order chi connectivity index (χ1) is 9.76. The van der Waals surface area contributed by atoms with Crippen molar-refractivity contribution in [2.24, 2.45) is 0 Å². The smallest absolute Gasteiger partial charge is 0.152 e. The summed E-state index contributed by atoms with van der Waals surface area (Å²) in [7, 11) is 1.86. The van der Waals surface area contributed by atoms with E-state index in [-0.39, 0.29) is 0 Å². The van der Waals surface area contributed by atoms with Gasteiger partial charge in [-0.15, -0.1) is 0 Å². The summed E-state index contributed by atoms with van der Waals surface area (Å²) in [4.78, 5) is 21.9. The average Bonchev–Trinajstić information content (AvgIpc) is 2.50. The van der Waals surface area contributed by atoms with Gasteiger partial charge >= 0.3 is 0 Å². The molecule has 0 atom stereocenters. The molecule has 1 aromatic carbocycles. The molecular formula is C15H20N2O3. The van der Waals surface area contributed by atoms with Gasteiger partial charge in [0.2, 0.25) is 0 Å². The van der Waals surface area contributed by atoms with Crippen LogP contribution in [0.4, 0.5) is 5.69 Å². The van der Waals surface area contributed by atoms with E-state index < -0.39 is 0 Å². The predicted molar refractivity (Wildman–Crippen MR) is 80.5 cm³/mol. The summed E-state index contributed by atoms with van der Waals surface area (Å²) in [5.74, 6) is 0. The van der Waals surface area contributed by atoms with Gasteiger partial charge in [0.05, 0.1) is 18.9 Å². The van der Waals surface area contributed by atoms with E-state index in [4.69, 9.17) is 4.74 Å². The van der Waals surface area contributed by atoms with E-state index in [1.807, 2.05) is 7.05 Å². The normalized spacial score (nSPS) is 10.1. The van der Waals surface area contributed by atoms with E-state index in [1.165, 1.54) is 0 Å². The molecule has 0 aliphatic heterocycles. The Morgan fingerprint density at radius 2 is 1.85 bits per heavy atom. The molecule has 0 bridgehead atoms. The van der Waals surface area contributed by atoms with Gasteiger partial charge in [0.15, 0.2) is 6.29 Å². The van der Waals surface area contributed by atoms with Crippen molar-refractivity contribution in [1.82, 2.24) is 5.32 Å². The third-order valence-corrected chi connectivity index (χ3v) is 2.75. The number of nitrogens with one attached hydrogen (secondary N) is 2. The molecule has 0 saturated carbocycles. The highest BCUT2D eigenvalue weighted by molar-refractivity contribution is 5.92. The van der Waals surface area contributed by atoms with Crippen LogP contribution in [-0.2, 0) is 4.74 Å². The second-order valence-electron chi connectivity index (χ2n) is 4.16. The standard InChI is InChI=1S/C15H20N2O3/c1-3-13-8-12(10-18)9-14(11-19)15(13)17-5-7-20-6-4-16-2/h3,8-11,16-17H,1,4-7H2,2H3. The molecule has 5 heteroatoms. The first-order valence-electron chi connectivity index (χ1n) is 6.43. The van der Waals surface area contributed by atoms with Gasteiger partial charge in [-0.05, 0) is 24.7 Å². The molecule has 1 aromatic rings. The van der Waals surface area contributed by atoms with Crippen molar-refractivity contribution in [3.63, 3.8) is 0 Å². The number of hydrogen-bond acceptors (Lipinski definition) is 5. The van der Waals surface area contributed by atoms with Crippen LogP contribution in [0.3, 0.4) is 0 Å². The summed E-state index contributed by atoms with van der Waals surface area (Å²) in [5, 5.41) is 6.14. The summed E-state index contributed by atoms with van der Waals surface area (Å²) < 4.78 is 5.39. The van der Waals surface area contributed by atoms with Gasteiger partial charge in [-0.3, -0.25) is 9.59 Å². The quantitative estimate of drug-likeness (QED) is 0.502. The molecule has 5 nitrogen and oxygen atoms in total. The number of hydrogen-bond donors (Lipinski definition) is 2. The predicted octanol–water partition coefficient (Wildman–Crippen LogP) is 1.60. The second-order valence-corrected chi connectivity index (χ2v) is 4.16. The van der Waals surface area contributed by atoms with E-state index in [9.17, 15) is 9.59 Å². The number of carbonyl (C=O) groups is 2. The van der Waals surface area contributed by atoms with Crippen molar-refractivity contribution >= 4 is 24.3 Å². The Labute approximate surface area is 119 Å². The molecule has 0 fully saturated rings. The minimum atomic E-state index is 0.444. The highest BCUT2D eigenvalue weighted by Crippen LogP contribution is 2.22. The minimum absolute atomic E-state index is 0.444. The van der Waals surface area contributed by atoms with Gasteiger partial charge in [-0.2, -0.15) is 0 Å². The van der Waals surface area contributed by atoms with Gasteiger partial charge in [0, 0.05) is 24.2 Å². The molecule has 0 saturated heterocycles. The van der Waals surface area contributed by atoms with Gasteiger partial charge in [0.25, 0.3) is 0 Å². The minimum Gasteiger partial charge on any atom is -0.382 e. The molecule has 2 N–H and O–H groups in total. The molecule has 0 amide bonds. The summed E-state index contributed by atoms with van der Waals surface area (Å²) in [6.45, 7) is 6.24. The fourth-order valence-electron chi connectivity index (χ4n) is 1.76. The van der Waals surface area contributed by atoms with Crippen LogP contribution in [0.15, 0.2) is 18.7 Å². The SMILES string of the molecule is C=Cc1cc(C=O)cc(C=O)c1NCCOCCNC. The first-order valence-corrected chi connectivity index (χ1v) is 6.43. The lowest BCUT2D eigenvalue weighted by atomic mass is 10.0. The third-order valence-electron chi connectivity index (χ3n) is 2.75. The number of aldehydes is 2. The van der Waals surface area contributed by atoms with Gasteiger partial charge in [-0.25, -0.2) is 0 Å². The number of rotatable bonds is 10. The Kier molecular flexibility index (Phi) is 7.24. The van der Waals surface area contributed by atoms with E-state index in [0.717, 1.165) is 18.4 Å². The van der Waals surface area contributed by atoms with Crippen LogP contribution in [0.2, 0.25) is 0 Å². The van der Waals surface area contributed by atoms with E-state index >= 15 is 0 Å². The number of likely N-dealkylation sites (N-methyl/N-ethyl adjacent to an activating group) is 1. The highest BCUT2D eigenvalue weighted by atomic mass is 16.5. The maximum Gasteiger partial charge on any atom is 0.152 e. The molecule has 0 aliphatic rings. The largest absolute Gasteiger partial charge is 0.382 e. The first kappa shape index (κ1) is 16.1. The number of ether oxygens (including phenoxy) is 1. The lowest BCUT2D eigenvalue weighted by Gasteiger charge is -2.13. The zero-order valence-electron chi connectivity index (χ0n) is 11.6. The van der Waals surface area contributed by atoms with Gasteiger partial charge in [0.1, 0.15) is 6.29 Å². The van der Waals surface area contributed by atoms with Crippen LogP contribution >= 0.6 is 0 Å². The van der Waals surface area contributed by atoms with E-state index in [2.05, 4.69) is 17.2 Å². The summed E-state index contributed by atoms with van der Waals surface area (Å²) in [6.07, 6.45) is 3.05. The zero-order valence-corrected chi connectivity index (χ0v) is 11.6. The number of anilines is 1. The monoisotopic (exact) mass is 276 g/mol. The van der Waals surface area contributed by atoms with E-state index in [0.29, 0.717) is 42.9 Å². The molecule has 20 heavy (non-hydrogen) atoms. The van der Waals surface area contributed by atoms with Crippen molar-refractivity contribution in [2.45, 2.75) is 0 Å². The molecular weight excluding hydrogens is 256 g/mol. The lowest BCUT2D eigenvalue weighted by Crippen LogP contribution is -2.18. The maximum atomic E-state index is 11.1. The molecule has 0 radical (unpaired) electrons. The van der Waals surface area contributed by atoms with Crippen molar-refractivity contribution in [2.75, 3.05) is 38.7 Å². The van der Waals surface area contributed by atoms with Crippen LogP contribution in [0.25, 0.3) is 6.08 Å². The molecule has 1 rings (SSSR count). The average molecular weight is 276 g/mol. The highest BCUT2D eigenvalue weighted by Gasteiger charge is 2.08. The summed E-state index contributed by atoms with van der Waals surface area (Å²) in [6, 6.07) is 3.24. The third kappa shape index (κ3) is 4.60. The molecule has 108 valence electrons. The van der Waals surface area contributed by atoms with Crippen LogP contribution < -0.4 is 10.6 Å². The number of benzene rings is 1. The van der Waals surface area contributed by atoms with Crippen molar-refractivity contribution in [1.29, 1.82) is 0 Å². The summed E-state index contributed by atoms with van der Waals surface area (Å²) >= 11 is 0. The Morgan fingerprint density at radius 3 is 2.45 bits per heavy atom. The Bertz CT molecular complexity index is 443. The fraction of sp³-hybridized carbons (Fsp3) is 0.333. The molecule has 0 unspecified atom stereocenters. The van der Waals surface area contributed by atoms with Gasteiger partial charge in [-0.1, -0.05) is 12.7 Å². The van der Waals surface area contributed by atoms with Crippen molar-refractivity contribution in [3.05, 3.63) is 35.4 Å². The lowest BCUT2D eigenvalue weighted by molar-refractivity contribution is 0.112. The van der Waals surface area contributed by atoms with Crippen LogP contribution in [0, 0.1) is 0 Å². The Hall–Kier alpha value is -1.98. The zero-order chi connectivity index (χ0) is 14.8. The van der Waals surface area contributed by atoms with Crippen molar-refractivity contribution in [3.8, 4) is 0 Å². The fourth-order valence-corrected chi connectivity index (χ4v) is 1.76. The van der Waals surface area contributed by atoms with Crippen molar-refractivity contribution < 1.29 is 14.3 Å². The second kappa shape index (κ2) is 9.01. The number of carbonyl (C=O) groups excluding carboxylic acids is 2. The van der Waals surface area contributed by atoms with Crippen LogP contribution in [0.5, 0.6) is 0 Å². The Morgan fingerprint density at radius 1 is 1.15 bits per heavy atom. The molecule has 0 aliphatic carbocycles. The van der Waals surface area contributed by atoms with Crippen LogP contribution in [0.1, 0.15) is 26.3 Å². The Balaban J connectivity index is 2.70. The summed E-state index contributed by atoms with van der Waals surface area (Å²) in [5.41, 5.74) is 2.31. The molecule has 0 heterocycles. The van der Waals surface area contributed by atoms with Crippen LogP contribution in [-0.4, -0.2) is 45.9 Å².